The average molecular weight is 499 g/mol. The predicted octanol–water partition coefficient (Wildman–Crippen LogP) is 3.86. The number of sulfonamides is 1. The molecule has 1 aromatic heterocycles. The molecule has 35 heavy (non-hydrogen) atoms. The van der Waals surface area contributed by atoms with Crippen LogP contribution in [-0.4, -0.2) is 67.8 Å². The SMILES string of the molecule is CS(=O)(=O)N[C@@H]1CCCN(c2cncc(Nc3ccc(C4CCN(C5CCCC5)CC4)cc3)n2)C1. The smallest absolute Gasteiger partial charge is 0.209 e. The molecule has 0 unspecified atom stereocenters. The highest BCUT2D eigenvalue weighted by Crippen LogP contribution is 2.33. The summed E-state index contributed by atoms with van der Waals surface area (Å²) in [5.41, 5.74) is 2.43. The van der Waals surface area contributed by atoms with Gasteiger partial charge in [0, 0.05) is 30.9 Å². The van der Waals surface area contributed by atoms with Gasteiger partial charge < -0.3 is 15.1 Å². The zero-order chi connectivity index (χ0) is 24.3. The number of aromatic nitrogens is 2. The van der Waals surface area contributed by atoms with Crippen molar-refractivity contribution in [2.45, 2.75) is 69.4 Å². The van der Waals surface area contributed by atoms with Crippen LogP contribution < -0.4 is 14.9 Å². The highest BCUT2D eigenvalue weighted by atomic mass is 32.2. The summed E-state index contributed by atoms with van der Waals surface area (Å²) in [7, 11) is -3.22. The quantitative estimate of drug-likeness (QED) is 0.599. The highest BCUT2D eigenvalue weighted by molar-refractivity contribution is 7.88. The Morgan fingerprint density at radius 2 is 1.66 bits per heavy atom. The van der Waals surface area contributed by atoms with E-state index in [2.05, 4.69) is 49.1 Å². The lowest BCUT2D eigenvalue weighted by Gasteiger charge is -2.36. The molecule has 1 atom stereocenters. The molecule has 190 valence electrons. The van der Waals surface area contributed by atoms with Gasteiger partial charge in [-0.05, 0) is 75.2 Å². The van der Waals surface area contributed by atoms with Gasteiger partial charge >= 0.3 is 0 Å². The van der Waals surface area contributed by atoms with Crippen molar-refractivity contribution >= 4 is 27.3 Å². The van der Waals surface area contributed by atoms with Crippen LogP contribution in [0.4, 0.5) is 17.3 Å². The lowest BCUT2D eigenvalue weighted by Crippen LogP contribution is -2.47. The zero-order valence-corrected chi connectivity index (χ0v) is 21.5. The van der Waals surface area contributed by atoms with Gasteiger partial charge in [0.25, 0.3) is 0 Å². The molecule has 1 saturated carbocycles. The van der Waals surface area contributed by atoms with E-state index in [1.807, 2.05) is 0 Å². The molecule has 0 bridgehead atoms. The predicted molar refractivity (Wildman–Crippen MR) is 141 cm³/mol. The van der Waals surface area contributed by atoms with Gasteiger partial charge in [-0.2, -0.15) is 0 Å². The Morgan fingerprint density at radius 3 is 2.37 bits per heavy atom. The Bertz CT molecular complexity index is 1080. The number of piperidine rings is 2. The van der Waals surface area contributed by atoms with Crippen molar-refractivity contribution in [2.75, 3.05) is 42.7 Å². The molecule has 5 rings (SSSR count). The molecule has 2 aliphatic heterocycles. The average Bonchev–Trinajstić information content (AvgIpc) is 3.39. The van der Waals surface area contributed by atoms with E-state index >= 15 is 0 Å². The lowest BCUT2D eigenvalue weighted by molar-refractivity contribution is 0.154. The van der Waals surface area contributed by atoms with Crippen LogP contribution in [-0.2, 0) is 10.0 Å². The van der Waals surface area contributed by atoms with Crippen molar-refractivity contribution in [2.24, 2.45) is 0 Å². The number of hydrogen-bond donors (Lipinski definition) is 2. The summed E-state index contributed by atoms with van der Waals surface area (Å²) < 4.78 is 26.0. The summed E-state index contributed by atoms with van der Waals surface area (Å²) in [4.78, 5) is 14.0. The normalized spacial score (nSPS) is 23.0. The Labute approximate surface area is 209 Å². The van der Waals surface area contributed by atoms with Crippen LogP contribution in [0.1, 0.15) is 62.8 Å². The summed E-state index contributed by atoms with van der Waals surface area (Å²) in [6, 6.07) is 9.52. The van der Waals surface area contributed by atoms with Crippen LogP contribution >= 0.6 is 0 Å². The van der Waals surface area contributed by atoms with Crippen molar-refractivity contribution in [1.82, 2.24) is 19.6 Å². The first-order chi connectivity index (χ1) is 16.9. The maximum Gasteiger partial charge on any atom is 0.209 e. The van der Waals surface area contributed by atoms with Crippen LogP contribution in [0.5, 0.6) is 0 Å². The summed E-state index contributed by atoms with van der Waals surface area (Å²) >= 11 is 0. The third-order valence-corrected chi connectivity index (χ3v) is 8.53. The fourth-order valence-electron chi connectivity index (χ4n) is 6.01. The van der Waals surface area contributed by atoms with E-state index in [0.29, 0.717) is 18.3 Å². The monoisotopic (exact) mass is 498 g/mol. The molecular formula is C26H38N6O2S. The molecular weight excluding hydrogens is 460 g/mol. The Kier molecular flexibility index (Phi) is 7.55. The maximum atomic E-state index is 11.6. The second kappa shape index (κ2) is 10.8. The zero-order valence-electron chi connectivity index (χ0n) is 20.7. The standard InChI is InChI=1S/C26H38N6O2S/c1-35(33,34)30-23-5-4-14-32(19-23)26-18-27-17-25(29-26)28-22-10-8-20(9-11-22)21-12-15-31(16-13-21)24-6-2-3-7-24/h8-11,17-18,21,23-24,30H,2-7,12-16,19H2,1H3,(H,28,29)/t23-/m1/s1. The molecule has 0 radical (unpaired) electrons. The van der Waals surface area contributed by atoms with Crippen molar-refractivity contribution in [3.63, 3.8) is 0 Å². The van der Waals surface area contributed by atoms with E-state index in [4.69, 9.17) is 4.98 Å². The number of nitrogens with one attached hydrogen (secondary N) is 2. The summed E-state index contributed by atoms with van der Waals surface area (Å²) in [6.45, 7) is 3.90. The van der Waals surface area contributed by atoms with Crippen LogP contribution in [0.2, 0.25) is 0 Å². The maximum absolute atomic E-state index is 11.6. The van der Waals surface area contributed by atoms with Crippen LogP contribution in [0.25, 0.3) is 0 Å². The van der Waals surface area contributed by atoms with Gasteiger partial charge in [-0.1, -0.05) is 25.0 Å². The number of anilines is 3. The molecule has 3 aliphatic rings. The summed E-state index contributed by atoms with van der Waals surface area (Å²) in [6.07, 6.45) is 14.5. The number of nitrogens with zero attached hydrogens (tertiary/aromatic N) is 4. The van der Waals surface area contributed by atoms with Crippen LogP contribution in [0.3, 0.4) is 0 Å². The van der Waals surface area contributed by atoms with Gasteiger partial charge in [0.05, 0.1) is 18.6 Å². The fraction of sp³-hybridized carbons (Fsp3) is 0.615. The van der Waals surface area contributed by atoms with Gasteiger partial charge in [-0.3, -0.25) is 4.98 Å². The second-order valence-corrected chi connectivity index (χ2v) is 12.2. The third kappa shape index (κ3) is 6.51. The molecule has 3 heterocycles. The minimum Gasteiger partial charge on any atom is -0.354 e. The van der Waals surface area contributed by atoms with E-state index in [0.717, 1.165) is 36.9 Å². The number of likely N-dealkylation sites (tertiary alicyclic amines) is 1. The lowest BCUT2D eigenvalue weighted by atomic mass is 9.88. The molecule has 3 fully saturated rings. The number of rotatable bonds is 7. The van der Waals surface area contributed by atoms with E-state index in [-0.39, 0.29) is 6.04 Å². The molecule has 9 heteroatoms. The highest BCUT2D eigenvalue weighted by Gasteiger charge is 2.28. The molecule has 1 aliphatic carbocycles. The van der Waals surface area contributed by atoms with E-state index < -0.39 is 10.0 Å². The molecule has 0 spiro atoms. The topological polar surface area (TPSA) is 90.5 Å². The van der Waals surface area contributed by atoms with Gasteiger partial charge in [-0.15, -0.1) is 0 Å². The first kappa shape index (κ1) is 24.5. The Balaban J connectivity index is 1.17. The largest absolute Gasteiger partial charge is 0.354 e. The minimum absolute atomic E-state index is 0.102. The number of benzene rings is 1. The van der Waals surface area contributed by atoms with Gasteiger partial charge in [0.15, 0.2) is 5.82 Å². The summed E-state index contributed by atoms with van der Waals surface area (Å²) in [5, 5.41) is 3.39. The molecule has 2 saturated heterocycles. The van der Waals surface area contributed by atoms with Crippen molar-refractivity contribution in [3.05, 3.63) is 42.2 Å². The first-order valence-electron chi connectivity index (χ1n) is 13.1. The third-order valence-electron chi connectivity index (χ3n) is 7.77. The number of hydrogen-bond acceptors (Lipinski definition) is 7. The van der Waals surface area contributed by atoms with Crippen molar-refractivity contribution in [1.29, 1.82) is 0 Å². The van der Waals surface area contributed by atoms with Gasteiger partial charge in [0.2, 0.25) is 10.0 Å². The molecule has 1 aromatic carbocycles. The van der Waals surface area contributed by atoms with E-state index in [9.17, 15) is 8.42 Å². The fourth-order valence-corrected chi connectivity index (χ4v) is 6.80. The van der Waals surface area contributed by atoms with Gasteiger partial charge in [-0.25, -0.2) is 18.1 Å². The van der Waals surface area contributed by atoms with Crippen molar-refractivity contribution < 1.29 is 8.42 Å². The molecule has 8 nitrogen and oxygen atoms in total. The Hall–Kier alpha value is -2.23. The molecule has 2 aromatic rings. The van der Waals surface area contributed by atoms with Crippen LogP contribution in [0.15, 0.2) is 36.7 Å². The van der Waals surface area contributed by atoms with Crippen molar-refractivity contribution in [3.8, 4) is 0 Å². The molecule has 0 amide bonds. The molecule has 2 N–H and O–H groups in total. The minimum atomic E-state index is -3.22. The van der Waals surface area contributed by atoms with Gasteiger partial charge in [0.1, 0.15) is 5.82 Å². The van der Waals surface area contributed by atoms with E-state index in [1.165, 1.54) is 63.4 Å². The Morgan fingerprint density at radius 1 is 0.914 bits per heavy atom. The van der Waals surface area contributed by atoms with E-state index in [1.54, 1.807) is 12.4 Å². The first-order valence-corrected chi connectivity index (χ1v) is 15.0. The second-order valence-electron chi connectivity index (χ2n) is 10.4. The van der Waals surface area contributed by atoms with Crippen LogP contribution in [0, 0.1) is 0 Å². The summed E-state index contributed by atoms with van der Waals surface area (Å²) in [5.74, 6) is 2.11.